The minimum absolute atomic E-state index is 0.554. The Morgan fingerprint density at radius 3 is 3.06 bits per heavy atom. The molecule has 0 aromatic carbocycles. The van der Waals surface area contributed by atoms with E-state index in [0.29, 0.717) is 12.6 Å². The highest BCUT2D eigenvalue weighted by Gasteiger charge is 2.16. The molecule has 0 radical (unpaired) electrons. The summed E-state index contributed by atoms with van der Waals surface area (Å²) in [6, 6.07) is 4.60. The summed E-state index contributed by atoms with van der Waals surface area (Å²) in [5.41, 5.74) is 0. The summed E-state index contributed by atoms with van der Waals surface area (Å²) in [6.07, 6.45) is 0. The first-order valence-electron chi connectivity index (χ1n) is 5.80. The van der Waals surface area contributed by atoms with Crippen LogP contribution in [0.2, 0.25) is 0 Å². The lowest BCUT2D eigenvalue weighted by Gasteiger charge is -2.31. The van der Waals surface area contributed by atoms with Crippen LogP contribution in [0.25, 0.3) is 0 Å². The van der Waals surface area contributed by atoms with Gasteiger partial charge < -0.3 is 14.5 Å². The molecular weight excluding hydrogens is 204 g/mol. The van der Waals surface area contributed by atoms with Crippen molar-refractivity contribution in [2.24, 2.45) is 0 Å². The van der Waals surface area contributed by atoms with Crippen molar-refractivity contribution in [3.8, 4) is 0 Å². The van der Waals surface area contributed by atoms with Crippen molar-refractivity contribution in [1.82, 2.24) is 10.2 Å². The monoisotopic (exact) mass is 224 g/mol. The van der Waals surface area contributed by atoms with Gasteiger partial charge in [-0.15, -0.1) is 0 Å². The van der Waals surface area contributed by atoms with E-state index in [1.807, 2.05) is 12.1 Å². The van der Waals surface area contributed by atoms with Crippen LogP contribution in [0.3, 0.4) is 0 Å². The van der Waals surface area contributed by atoms with E-state index in [-0.39, 0.29) is 0 Å². The predicted octanol–water partition coefficient (Wildman–Crippen LogP) is 1.22. The summed E-state index contributed by atoms with van der Waals surface area (Å²) in [6.45, 7) is 6.90. The number of furan rings is 1. The molecule has 1 aromatic rings. The van der Waals surface area contributed by atoms with Gasteiger partial charge >= 0.3 is 0 Å². The van der Waals surface area contributed by atoms with E-state index in [1.54, 1.807) is 7.11 Å². The molecule has 4 nitrogen and oxygen atoms in total. The van der Waals surface area contributed by atoms with Crippen molar-refractivity contribution >= 4 is 0 Å². The SMILES string of the molecule is COCc1ccc(CN2CCN[C@H](C)C2)o1. The minimum Gasteiger partial charge on any atom is -0.462 e. The second kappa shape index (κ2) is 5.48. The van der Waals surface area contributed by atoms with Crippen LogP contribution in [0.15, 0.2) is 16.5 Å². The van der Waals surface area contributed by atoms with Gasteiger partial charge in [-0.1, -0.05) is 0 Å². The fourth-order valence-corrected chi connectivity index (χ4v) is 2.10. The molecule has 0 amide bonds. The van der Waals surface area contributed by atoms with Crippen LogP contribution in [-0.2, 0) is 17.9 Å². The Bertz CT molecular complexity index is 325. The summed E-state index contributed by atoms with van der Waals surface area (Å²) < 4.78 is 10.7. The molecule has 90 valence electrons. The average molecular weight is 224 g/mol. The van der Waals surface area contributed by atoms with Gasteiger partial charge in [-0.25, -0.2) is 0 Å². The molecular formula is C12H20N2O2. The molecule has 0 unspecified atom stereocenters. The minimum atomic E-state index is 0.554. The molecule has 1 aliphatic rings. The Hall–Kier alpha value is -0.840. The predicted molar refractivity (Wildman–Crippen MR) is 62.2 cm³/mol. The van der Waals surface area contributed by atoms with Gasteiger partial charge in [0.05, 0.1) is 6.54 Å². The molecule has 0 bridgehead atoms. The van der Waals surface area contributed by atoms with E-state index in [9.17, 15) is 0 Å². The van der Waals surface area contributed by atoms with E-state index >= 15 is 0 Å². The van der Waals surface area contributed by atoms with Gasteiger partial charge in [-0.05, 0) is 19.1 Å². The smallest absolute Gasteiger partial charge is 0.129 e. The van der Waals surface area contributed by atoms with Crippen molar-refractivity contribution in [1.29, 1.82) is 0 Å². The van der Waals surface area contributed by atoms with Crippen LogP contribution in [0.1, 0.15) is 18.4 Å². The summed E-state index contributed by atoms with van der Waals surface area (Å²) in [4.78, 5) is 2.41. The molecule has 0 saturated carbocycles. The third-order valence-corrected chi connectivity index (χ3v) is 2.84. The number of nitrogens with one attached hydrogen (secondary N) is 1. The highest BCUT2D eigenvalue weighted by molar-refractivity contribution is 5.06. The van der Waals surface area contributed by atoms with Gasteiger partial charge in [-0.3, -0.25) is 4.90 Å². The molecule has 0 aliphatic carbocycles. The Morgan fingerprint density at radius 1 is 1.50 bits per heavy atom. The van der Waals surface area contributed by atoms with E-state index in [2.05, 4.69) is 17.1 Å². The topological polar surface area (TPSA) is 37.6 Å². The molecule has 16 heavy (non-hydrogen) atoms. The quantitative estimate of drug-likeness (QED) is 0.834. The Kier molecular flexibility index (Phi) is 3.98. The normalized spacial score (nSPS) is 22.5. The number of nitrogens with zero attached hydrogens (tertiary/aromatic N) is 1. The maximum absolute atomic E-state index is 5.67. The lowest BCUT2D eigenvalue weighted by Crippen LogP contribution is -2.48. The molecule has 1 fully saturated rings. The zero-order chi connectivity index (χ0) is 11.4. The number of methoxy groups -OCH3 is 1. The zero-order valence-corrected chi connectivity index (χ0v) is 10.0. The fraction of sp³-hybridized carbons (Fsp3) is 0.667. The highest BCUT2D eigenvalue weighted by Crippen LogP contribution is 2.12. The third-order valence-electron chi connectivity index (χ3n) is 2.84. The van der Waals surface area contributed by atoms with Crippen LogP contribution in [-0.4, -0.2) is 37.7 Å². The lowest BCUT2D eigenvalue weighted by atomic mass is 10.2. The summed E-state index contributed by atoms with van der Waals surface area (Å²) in [7, 11) is 1.68. The maximum Gasteiger partial charge on any atom is 0.129 e. The van der Waals surface area contributed by atoms with E-state index in [1.165, 1.54) is 0 Å². The standard InChI is InChI=1S/C12H20N2O2/c1-10-7-14(6-5-13-10)8-11-3-4-12(16-11)9-15-2/h3-4,10,13H,5-9H2,1-2H3/t10-/m1/s1. The van der Waals surface area contributed by atoms with Gasteiger partial charge in [0, 0.05) is 32.8 Å². The van der Waals surface area contributed by atoms with E-state index in [0.717, 1.165) is 37.7 Å². The van der Waals surface area contributed by atoms with Crippen molar-refractivity contribution in [2.45, 2.75) is 26.1 Å². The second-order valence-electron chi connectivity index (χ2n) is 4.39. The first kappa shape index (κ1) is 11.6. The van der Waals surface area contributed by atoms with Crippen LogP contribution < -0.4 is 5.32 Å². The molecule has 2 rings (SSSR count). The van der Waals surface area contributed by atoms with Crippen LogP contribution in [0.4, 0.5) is 0 Å². The Morgan fingerprint density at radius 2 is 2.31 bits per heavy atom. The van der Waals surface area contributed by atoms with Gasteiger partial charge in [0.25, 0.3) is 0 Å². The number of hydrogen-bond donors (Lipinski definition) is 1. The molecule has 1 atom stereocenters. The molecule has 1 saturated heterocycles. The maximum atomic E-state index is 5.67. The molecule has 1 aliphatic heterocycles. The first-order chi connectivity index (χ1) is 7.78. The number of ether oxygens (including phenoxy) is 1. The number of hydrogen-bond acceptors (Lipinski definition) is 4. The van der Waals surface area contributed by atoms with Crippen LogP contribution in [0, 0.1) is 0 Å². The van der Waals surface area contributed by atoms with Crippen LogP contribution >= 0.6 is 0 Å². The fourth-order valence-electron chi connectivity index (χ4n) is 2.10. The van der Waals surface area contributed by atoms with Gasteiger partial charge in [0.1, 0.15) is 18.1 Å². The summed E-state index contributed by atoms with van der Waals surface area (Å²) >= 11 is 0. The Balaban J connectivity index is 1.87. The molecule has 0 spiro atoms. The average Bonchev–Trinajstić information content (AvgIpc) is 2.66. The van der Waals surface area contributed by atoms with E-state index in [4.69, 9.17) is 9.15 Å². The molecule has 1 N–H and O–H groups in total. The van der Waals surface area contributed by atoms with Gasteiger partial charge in [-0.2, -0.15) is 0 Å². The van der Waals surface area contributed by atoms with E-state index < -0.39 is 0 Å². The first-order valence-corrected chi connectivity index (χ1v) is 5.80. The summed E-state index contributed by atoms with van der Waals surface area (Å²) in [5, 5.41) is 3.43. The lowest BCUT2D eigenvalue weighted by molar-refractivity contribution is 0.154. The molecule has 4 heteroatoms. The largest absolute Gasteiger partial charge is 0.462 e. The van der Waals surface area contributed by atoms with Crippen molar-refractivity contribution in [3.05, 3.63) is 23.7 Å². The van der Waals surface area contributed by atoms with Crippen molar-refractivity contribution < 1.29 is 9.15 Å². The van der Waals surface area contributed by atoms with Gasteiger partial charge in [0.15, 0.2) is 0 Å². The Labute approximate surface area is 96.6 Å². The van der Waals surface area contributed by atoms with Gasteiger partial charge in [0.2, 0.25) is 0 Å². The highest BCUT2D eigenvalue weighted by atomic mass is 16.5. The number of rotatable bonds is 4. The van der Waals surface area contributed by atoms with Crippen molar-refractivity contribution in [2.75, 3.05) is 26.7 Å². The second-order valence-corrected chi connectivity index (χ2v) is 4.39. The zero-order valence-electron chi connectivity index (χ0n) is 10.0. The van der Waals surface area contributed by atoms with Crippen LogP contribution in [0.5, 0.6) is 0 Å². The number of piperazine rings is 1. The molecule has 1 aromatic heterocycles. The third kappa shape index (κ3) is 3.07. The van der Waals surface area contributed by atoms with Crippen molar-refractivity contribution in [3.63, 3.8) is 0 Å². The molecule has 2 heterocycles. The summed E-state index contributed by atoms with van der Waals surface area (Å²) in [5.74, 6) is 1.93.